The number of para-hydroxylation sites is 1. The third-order valence-electron chi connectivity index (χ3n) is 4.64. The number of urea groups is 1. The zero-order valence-electron chi connectivity index (χ0n) is 13.3. The quantitative estimate of drug-likeness (QED) is 0.927. The highest BCUT2D eigenvalue weighted by Gasteiger charge is 2.23. The molecule has 0 atom stereocenters. The molecule has 2 amide bonds. The van der Waals surface area contributed by atoms with E-state index in [4.69, 9.17) is 4.74 Å². The van der Waals surface area contributed by atoms with E-state index in [1.807, 2.05) is 15.9 Å². The van der Waals surface area contributed by atoms with Gasteiger partial charge in [0.15, 0.2) is 0 Å². The topological polar surface area (TPSA) is 44.8 Å². The van der Waals surface area contributed by atoms with E-state index in [0.717, 1.165) is 32.6 Å². The van der Waals surface area contributed by atoms with Crippen LogP contribution >= 0.6 is 0 Å². The number of ether oxygens (including phenoxy) is 1. The molecule has 0 bridgehead atoms. The number of hydrogen-bond donors (Lipinski definition) is 1. The number of carbonyl (C=O) groups is 1. The standard InChI is InChI=1S/C17H24FN3O2/c18-15-3-1-2-4-16(15)20-7-9-21(10-8-20)17(22)19-13-14-5-11-23-12-6-14/h1-4,14H,5-13H2,(H,19,22). The monoisotopic (exact) mass is 321 g/mol. The Kier molecular flexibility index (Phi) is 5.33. The van der Waals surface area contributed by atoms with Gasteiger partial charge in [0.2, 0.25) is 0 Å². The predicted molar refractivity (Wildman–Crippen MR) is 87.1 cm³/mol. The number of benzene rings is 1. The first-order chi connectivity index (χ1) is 11.2. The molecule has 1 aromatic rings. The first kappa shape index (κ1) is 16.1. The van der Waals surface area contributed by atoms with Gasteiger partial charge in [-0.25, -0.2) is 9.18 Å². The molecule has 2 fully saturated rings. The number of nitrogens with one attached hydrogen (secondary N) is 1. The van der Waals surface area contributed by atoms with Gasteiger partial charge < -0.3 is 19.9 Å². The van der Waals surface area contributed by atoms with Crippen molar-refractivity contribution in [3.8, 4) is 0 Å². The zero-order valence-corrected chi connectivity index (χ0v) is 13.3. The lowest BCUT2D eigenvalue weighted by molar-refractivity contribution is 0.0663. The highest BCUT2D eigenvalue weighted by Crippen LogP contribution is 2.20. The van der Waals surface area contributed by atoms with Crippen molar-refractivity contribution in [2.75, 3.05) is 50.8 Å². The van der Waals surface area contributed by atoms with Crippen LogP contribution in [0.4, 0.5) is 14.9 Å². The minimum Gasteiger partial charge on any atom is -0.381 e. The summed E-state index contributed by atoms with van der Waals surface area (Å²) in [5.74, 6) is 0.317. The number of nitrogens with zero attached hydrogens (tertiary/aromatic N) is 2. The van der Waals surface area contributed by atoms with Crippen LogP contribution in [0.1, 0.15) is 12.8 Å². The molecular weight excluding hydrogens is 297 g/mol. The first-order valence-corrected chi connectivity index (χ1v) is 8.34. The van der Waals surface area contributed by atoms with Crippen molar-refractivity contribution >= 4 is 11.7 Å². The normalized spacial score (nSPS) is 19.7. The van der Waals surface area contributed by atoms with Gasteiger partial charge in [-0.05, 0) is 30.9 Å². The van der Waals surface area contributed by atoms with Crippen molar-refractivity contribution in [1.29, 1.82) is 0 Å². The molecule has 23 heavy (non-hydrogen) atoms. The van der Waals surface area contributed by atoms with Crippen LogP contribution in [0.2, 0.25) is 0 Å². The van der Waals surface area contributed by atoms with Crippen LogP contribution in [0.25, 0.3) is 0 Å². The third-order valence-corrected chi connectivity index (χ3v) is 4.64. The van der Waals surface area contributed by atoms with E-state index in [1.54, 1.807) is 12.1 Å². The molecule has 2 aliphatic rings. The Morgan fingerprint density at radius 3 is 2.57 bits per heavy atom. The molecule has 0 radical (unpaired) electrons. The molecule has 1 N–H and O–H groups in total. The van der Waals surface area contributed by atoms with Crippen LogP contribution < -0.4 is 10.2 Å². The van der Waals surface area contributed by atoms with Gasteiger partial charge in [-0.1, -0.05) is 12.1 Å². The lowest BCUT2D eigenvalue weighted by Gasteiger charge is -2.36. The second kappa shape index (κ2) is 7.64. The van der Waals surface area contributed by atoms with E-state index in [9.17, 15) is 9.18 Å². The zero-order chi connectivity index (χ0) is 16.1. The van der Waals surface area contributed by atoms with Crippen molar-refractivity contribution in [3.63, 3.8) is 0 Å². The molecule has 0 saturated carbocycles. The molecule has 0 aliphatic carbocycles. The minimum atomic E-state index is -0.204. The number of hydrogen-bond acceptors (Lipinski definition) is 3. The minimum absolute atomic E-state index is 0.00956. The second-order valence-corrected chi connectivity index (χ2v) is 6.17. The van der Waals surface area contributed by atoms with E-state index < -0.39 is 0 Å². The van der Waals surface area contributed by atoms with E-state index in [0.29, 0.717) is 37.8 Å². The molecule has 0 unspecified atom stereocenters. The maximum absolute atomic E-state index is 13.8. The summed E-state index contributed by atoms with van der Waals surface area (Å²) < 4.78 is 19.1. The van der Waals surface area contributed by atoms with Crippen LogP contribution in [0.5, 0.6) is 0 Å². The Labute approximate surface area is 136 Å². The number of piperazine rings is 1. The molecular formula is C17H24FN3O2. The molecule has 6 heteroatoms. The summed E-state index contributed by atoms with van der Waals surface area (Å²) in [7, 11) is 0. The number of amides is 2. The maximum atomic E-state index is 13.8. The van der Waals surface area contributed by atoms with Gasteiger partial charge in [0.25, 0.3) is 0 Å². The van der Waals surface area contributed by atoms with E-state index in [-0.39, 0.29) is 11.8 Å². The van der Waals surface area contributed by atoms with Crippen LogP contribution in [0, 0.1) is 11.7 Å². The predicted octanol–water partition coefficient (Wildman–Crippen LogP) is 2.08. The average Bonchev–Trinajstić information content (AvgIpc) is 2.61. The van der Waals surface area contributed by atoms with E-state index >= 15 is 0 Å². The van der Waals surface area contributed by atoms with Gasteiger partial charge in [-0.15, -0.1) is 0 Å². The fourth-order valence-electron chi connectivity index (χ4n) is 3.15. The molecule has 2 aliphatic heterocycles. The third kappa shape index (κ3) is 4.13. The fourth-order valence-corrected chi connectivity index (χ4v) is 3.15. The van der Waals surface area contributed by atoms with Gasteiger partial charge in [0, 0.05) is 45.9 Å². The molecule has 0 aromatic heterocycles. The highest BCUT2D eigenvalue weighted by molar-refractivity contribution is 5.74. The Morgan fingerprint density at radius 2 is 1.87 bits per heavy atom. The first-order valence-electron chi connectivity index (χ1n) is 8.34. The van der Waals surface area contributed by atoms with Crippen molar-refractivity contribution in [1.82, 2.24) is 10.2 Å². The smallest absolute Gasteiger partial charge is 0.317 e. The Morgan fingerprint density at radius 1 is 1.17 bits per heavy atom. The molecule has 0 spiro atoms. The maximum Gasteiger partial charge on any atom is 0.317 e. The van der Waals surface area contributed by atoms with Gasteiger partial charge >= 0.3 is 6.03 Å². The molecule has 2 heterocycles. The summed E-state index contributed by atoms with van der Waals surface area (Å²) in [5.41, 5.74) is 0.620. The van der Waals surface area contributed by atoms with Crippen LogP contribution in [-0.4, -0.2) is 56.9 Å². The fraction of sp³-hybridized carbons (Fsp3) is 0.588. The van der Waals surface area contributed by atoms with Crippen LogP contribution in [-0.2, 0) is 4.74 Å². The van der Waals surface area contributed by atoms with Gasteiger partial charge in [-0.3, -0.25) is 0 Å². The summed E-state index contributed by atoms with van der Waals surface area (Å²) in [6.45, 7) is 4.86. The van der Waals surface area contributed by atoms with Crippen LogP contribution in [0.15, 0.2) is 24.3 Å². The summed E-state index contributed by atoms with van der Waals surface area (Å²) in [6, 6.07) is 6.78. The second-order valence-electron chi connectivity index (χ2n) is 6.17. The number of halogens is 1. The van der Waals surface area contributed by atoms with Gasteiger partial charge in [-0.2, -0.15) is 0 Å². The van der Waals surface area contributed by atoms with Crippen molar-refractivity contribution in [3.05, 3.63) is 30.1 Å². The molecule has 3 rings (SSSR count). The van der Waals surface area contributed by atoms with Crippen LogP contribution in [0.3, 0.4) is 0 Å². The lowest BCUT2D eigenvalue weighted by Crippen LogP contribution is -2.52. The number of carbonyl (C=O) groups excluding carboxylic acids is 1. The van der Waals surface area contributed by atoms with Gasteiger partial charge in [0.1, 0.15) is 5.82 Å². The summed E-state index contributed by atoms with van der Waals surface area (Å²) in [6.07, 6.45) is 2.03. The van der Waals surface area contributed by atoms with E-state index in [2.05, 4.69) is 5.32 Å². The molecule has 2 saturated heterocycles. The largest absolute Gasteiger partial charge is 0.381 e. The number of anilines is 1. The Hall–Kier alpha value is -1.82. The Balaban J connectivity index is 1.45. The molecule has 1 aromatic carbocycles. The SMILES string of the molecule is O=C(NCC1CCOCC1)N1CCN(c2ccccc2F)CC1. The lowest BCUT2D eigenvalue weighted by atomic mass is 10.0. The Bertz CT molecular complexity index is 526. The summed E-state index contributed by atoms with van der Waals surface area (Å²) in [5, 5.41) is 3.03. The highest BCUT2D eigenvalue weighted by atomic mass is 19.1. The molecule has 5 nitrogen and oxygen atoms in total. The van der Waals surface area contributed by atoms with E-state index in [1.165, 1.54) is 6.07 Å². The number of rotatable bonds is 3. The van der Waals surface area contributed by atoms with Crippen molar-refractivity contribution in [2.24, 2.45) is 5.92 Å². The molecule has 126 valence electrons. The van der Waals surface area contributed by atoms with Gasteiger partial charge in [0.05, 0.1) is 5.69 Å². The van der Waals surface area contributed by atoms with Crippen molar-refractivity contribution < 1.29 is 13.9 Å². The van der Waals surface area contributed by atoms with Crippen molar-refractivity contribution in [2.45, 2.75) is 12.8 Å². The summed E-state index contributed by atoms with van der Waals surface area (Å²) >= 11 is 0. The summed E-state index contributed by atoms with van der Waals surface area (Å²) in [4.78, 5) is 16.1. The average molecular weight is 321 g/mol.